The molecule has 4 heteroatoms. The Morgan fingerprint density at radius 1 is 1.45 bits per heavy atom. The van der Waals surface area contributed by atoms with Crippen LogP contribution in [-0.2, 0) is 20.8 Å². The summed E-state index contributed by atoms with van der Waals surface area (Å²) >= 11 is 0. The van der Waals surface area contributed by atoms with Crippen molar-refractivity contribution in [1.29, 1.82) is 0 Å². The lowest BCUT2D eigenvalue weighted by Crippen LogP contribution is -2.45. The molecule has 2 aliphatic rings. The van der Waals surface area contributed by atoms with Gasteiger partial charge in [0, 0.05) is 32.2 Å². The monoisotopic (exact) mass is 275 g/mol. The average Bonchev–Trinajstić information content (AvgIpc) is 2.86. The Morgan fingerprint density at radius 2 is 2.25 bits per heavy atom. The summed E-state index contributed by atoms with van der Waals surface area (Å²) in [6.07, 6.45) is 0.773. The van der Waals surface area contributed by atoms with Gasteiger partial charge in [-0.15, -0.1) is 0 Å². The maximum atomic E-state index is 12.3. The molecule has 2 atom stereocenters. The maximum Gasteiger partial charge on any atom is 0.313 e. The van der Waals surface area contributed by atoms with Gasteiger partial charge in [-0.05, 0) is 12.0 Å². The lowest BCUT2D eigenvalue weighted by molar-refractivity contribution is -0.161. The number of ether oxygens (including phenoxy) is 2. The molecule has 108 valence electrons. The van der Waals surface area contributed by atoms with Crippen molar-refractivity contribution >= 4 is 5.97 Å². The Kier molecular flexibility index (Phi) is 3.76. The van der Waals surface area contributed by atoms with Crippen LogP contribution in [0.15, 0.2) is 30.3 Å². The molecule has 0 unspecified atom stereocenters. The Balaban J connectivity index is 1.76. The van der Waals surface area contributed by atoms with Crippen molar-refractivity contribution in [3.8, 4) is 0 Å². The zero-order valence-electron chi connectivity index (χ0n) is 11.9. The van der Waals surface area contributed by atoms with E-state index in [0.717, 1.165) is 26.1 Å². The van der Waals surface area contributed by atoms with E-state index in [1.165, 1.54) is 12.7 Å². The third-order valence-electron chi connectivity index (χ3n) is 4.62. The number of esters is 1. The van der Waals surface area contributed by atoms with E-state index >= 15 is 0 Å². The smallest absolute Gasteiger partial charge is 0.313 e. The SMILES string of the molecule is COC(=O)[C@@]12CCOC[C@@H]1CN(Cc1ccccc1)C2. The van der Waals surface area contributed by atoms with Gasteiger partial charge < -0.3 is 9.47 Å². The number of likely N-dealkylation sites (tertiary alicyclic amines) is 1. The van der Waals surface area contributed by atoms with Gasteiger partial charge in [0.05, 0.1) is 19.1 Å². The third kappa shape index (κ3) is 2.34. The molecule has 4 nitrogen and oxygen atoms in total. The van der Waals surface area contributed by atoms with E-state index in [9.17, 15) is 4.79 Å². The zero-order chi connectivity index (χ0) is 14.0. The van der Waals surface area contributed by atoms with E-state index in [0.29, 0.717) is 13.2 Å². The van der Waals surface area contributed by atoms with Gasteiger partial charge in [0.25, 0.3) is 0 Å². The lowest BCUT2D eigenvalue weighted by atomic mass is 9.74. The van der Waals surface area contributed by atoms with Gasteiger partial charge >= 0.3 is 5.97 Å². The lowest BCUT2D eigenvalue weighted by Gasteiger charge is -2.35. The molecule has 3 rings (SSSR count). The summed E-state index contributed by atoms with van der Waals surface area (Å²) in [5, 5.41) is 0. The molecular formula is C16H21NO3. The summed E-state index contributed by atoms with van der Waals surface area (Å²) in [6, 6.07) is 10.4. The molecule has 1 aromatic carbocycles. The van der Waals surface area contributed by atoms with Crippen molar-refractivity contribution in [2.75, 3.05) is 33.4 Å². The Morgan fingerprint density at radius 3 is 3.00 bits per heavy atom. The first-order chi connectivity index (χ1) is 9.74. The number of hydrogen-bond acceptors (Lipinski definition) is 4. The minimum absolute atomic E-state index is 0.0682. The molecular weight excluding hydrogens is 254 g/mol. The van der Waals surface area contributed by atoms with E-state index in [-0.39, 0.29) is 17.3 Å². The van der Waals surface area contributed by atoms with Gasteiger partial charge in [-0.1, -0.05) is 30.3 Å². The molecule has 2 saturated heterocycles. The van der Waals surface area contributed by atoms with Crippen molar-refractivity contribution in [1.82, 2.24) is 4.90 Å². The van der Waals surface area contributed by atoms with Crippen LogP contribution in [0.4, 0.5) is 0 Å². The molecule has 0 aliphatic carbocycles. The highest BCUT2D eigenvalue weighted by Crippen LogP contribution is 2.43. The van der Waals surface area contributed by atoms with Crippen molar-refractivity contribution < 1.29 is 14.3 Å². The van der Waals surface area contributed by atoms with E-state index in [4.69, 9.17) is 9.47 Å². The highest BCUT2D eigenvalue weighted by atomic mass is 16.5. The van der Waals surface area contributed by atoms with Crippen LogP contribution in [0.3, 0.4) is 0 Å². The molecule has 0 bridgehead atoms. The fourth-order valence-electron chi connectivity index (χ4n) is 3.55. The normalized spacial score (nSPS) is 29.9. The Labute approximate surface area is 119 Å². The highest BCUT2D eigenvalue weighted by Gasteiger charge is 2.54. The topological polar surface area (TPSA) is 38.8 Å². The first kappa shape index (κ1) is 13.6. The summed E-state index contributed by atoms with van der Waals surface area (Å²) in [4.78, 5) is 14.6. The second-order valence-electron chi connectivity index (χ2n) is 5.82. The van der Waals surface area contributed by atoms with Crippen LogP contribution in [-0.4, -0.2) is 44.3 Å². The predicted molar refractivity (Wildman–Crippen MR) is 75.1 cm³/mol. The molecule has 0 radical (unpaired) electrons. The highest BCUT2D eigenvalue weighted by molar-refractivity contribution is 5.78. The van der Waals surface area contributed by atoms with Crippen molar-refractivity contribution in [3.63, 3.8) is 0 Å². The molecule has 0 N–H and O–H groups in total. The Hall–Kier alpha value is -1.39. The molecule has 1 aromatic rings. The van der Waals surface area contributed by atoms with E-state index in [1.54, 1.807) is 0 Å². The Bertz CT molecular complexity index is 476. The second kappa shape index (κ2) is 5.54. The van der Waals surface area contributed by atoms with Crippen LogP contribution >= 0.6 is 0 Å². The number of nitrogens with zero attached hydrogens (tertiary/aromatic N) is 1. The fraction of sp³-hybridized carbons (Fsp3) is 0.562. The van der Waals surface area contributed by atoms with Crippen molar-refractivity contribution in [2.24, 2.45) is 11.3 Å². The molecule has 0 amide bonds. The molecule has 2 heterocycles. The number of carbonyl (C=O) groups excluding carboxylic acids is 1. The van der Waals surface area contributed by atoms with Crippen LogP contribution in [0.5, 0.6) is 0 Å². The molecule has 20 heavy (non-hydrogen) atoms. The largest absolute Gasteiger partial charge is 0.469 e. The van der Waals surface area contributed by atoms with Crippen molar-refractivity contribution in [2.45, 2.75) is 13.0 Å². The van der Waals surface area contributed by atoms with Gasteiger partial charge in [0.1, 0.15) is 0 Å². The molecule has 2 aliphatic heterocycles. The van der Waals surface area contributed by atoms with E-state index in [2.05, 4.69) is 29.2 Å². The van der Waals surface area contributed by atoms with Gasteiger partial charge in [-0.2, -0.15) is 0 Å². The average molecular weight is 275 g/mol. The summed E-state index contributed by atoms with van der Waals surface area (Å²) in [6.45, 7) is 3.90. The second-order valence-corrected chi connectivity index (χ2v) is 5.82. The van der Waals surface area contributed by atoms with Crippen molar-refractivity contribution in [3.05, 3.63) is 35.9 Å². The summed E-state index contributed by atoms with van der Waals surface area (Å²) in [5.74, 6) is 0.189. The minimum atomic E-state index is -0.359. The molecule has 0 spiro atoms. The standard InChI is InChI=1S/C16H21NO3/c1-19-15(18)16-7-8-20-11-14(16)10-17(12-16)9-13-5-3-2-4-6-13/h2-6,14H,7-12H2,1H3/t14-,16+/m0/s1. The van der Waals surface area contributed by atoms with Crippen LogP contribution in [0.2, 0.25) is 0 Å². The predicted octanol–water partition coefficient (Wildman–Crippen LogP) is 1.70. The zero-order valence-corrected chi connectivity index (χ0v) is 11.9. The number of carbonyl (C=O) groups is 1. The van der Waals surface area contributed by atoms with Gasteiger partial charge in [-0.3, -0.25) is 9.69 Å². The molecule has 0 aromatic heterocycles. The minimum Gasteiger partial charge on any atom is -0.469 e. The first-order valence-corrected chi connectivity index (χ1v) is 7.17. The fourth-order valence-corrected chi connectivity index (χ4v) is 3.55. The summed E-state index contributed by atoms with van der Waals surface area (Å²) < 4.78 is 10.6. The van der Waals surface area contributed by atoms with Gasteiger partial charge in [0.2, 0.25) is 0 Å². The number of hydrogen-bond donors (Lipinski definition) is 0. The van der Waals surface area contributed by atoms with Gasteiger partial charge in [-0.25, -0.2) is 0 Å². The maximum absolute atomic E-state index is 12.3. The molecule has 0 saturated carbocycles. The first-order valence-electron chi connectivity index (χ1n) is 7.17. The summed E-state index contributed by atoms with van der Waals surface area (Å²) in [5.41, 5.74) is 0.925. The number of methoxy groups -OCH3 is 1. The number of benzene rings is 1. The van der Waals surface area contributed by atoms with Gasteiger partial charge in [0.15, 0.2) is 0 Å². The van der Waals surface area contributed by atoms with Crippen LogP contribution in [0.1, 0.15) is 12.0 Å². The van der Waals surface area contributed by atoms with E-state index in [1.807, 2.05) is 6.07 Å². The quantitative estimate of drug-likeness (QED) is 0.787. The van der Waals surface area contributed by atoms with Crippen LogP contribution in [0, 0.1) is 11.3 Å². The van der Waals surface area contributed by atoms with E-state index < -0.39 is 0 Å². The van der Waals surface area contributed by atoms with Crippen LogP contribution < -0.4 is 0 Å². The summed E-state index contributed by atoms with van der Waals surface area (Å²) in [7, 11) is 1.49. The molecule has 2 fully saturated rings. The van der Waals surface area contributed by atoms with Crippen LogP contribution in [0.25, 0.3) is 0 Å². The number of rotatable bonds is 3. The third-order valence-corrected chi connectivity index (χ3v) is 4.62. The number of fused-ring (bicyclic) bond motifs is 1.